The van der Waals surface area contributed by atoms with Crippen molar-refractivity contribution in [1.29, 1.82) is 0 Å². The Balaban J connectivity index is 0.000000201. The summed E-state index contributed by atoms with van der Waals surface area (Å²) in [4.78, 5) is 33.3. The minimum atomic E-state index is -0.484. The number of carbonyl (C=O) groups is 1. The first kappa shape index (κ1) is 31.3. The van der Waals surface area contributed by atoms with Crippen LogP contribution in [0.3, 0.4) is 0 Å². The molecular weight excluding hydrogens is 599 g/mol. The van der Waals surface area contributed by atoms with Gasteiger partial charge < -0.3 is 0 Å². The van der Waals surface area contributed by atoms with Gasteiger partial charge in [0.15, 0.2) is 5.78 Å². The molecule has 0 saturated heterocycles. The molecule has 216 valence electrons. The zero-order valence-corrected chi connectivity index (χ0v) is 25.9. The van der Waals surface area contributed by atoms with Crippen LogP contribution in [-0.2, 0) is 11.8 Å². The van der Waals surface area contributed by atoms with Crippen LogP contribution in [-0.4, -0.2) is 30.7 Å². The minimum Gasteiger partial charge on any atom is -0.294 e. The number of aromatic nitrogens is 5. The average Bonchev–Trinajstić information content (AvgIpc) is 3.38. The summed E-state index contributed by atoms with van der Waals surface area (Å²) in [6.07, 6.45) is 3.06. The van der Waals surface area contributed by atoms with E-state index in [0.717, 1.165) is 9.88 Å². The lowest BCUT2D eigenvalue weighted by molar-refractivity contribution is 0.0988. The van der Waals surface area contributed by atoms with Gasteiger partial charge in [-0.25, -0.2) is 33.7 Å². The van der Waals surface area contributed by atoms with E-state index in [9.17, 15) is 13.6 Å². The number of Topliss-reactive ketones (excluding diaryl/α,β-unsaturated/α-hetero) is 1. The Morgan fingerprint density at radius 1 is 0.833 bits per heavy atom. The zero-order valence-electron chi connectivity index (χ0n) is 23.5. The molecule has 0 N–H and O–H groups in total. The molecule has 5 rings (SSSR count). The van der Waals surface area contributed by atoms with Gasteiger partial charge >= 0.3 is 0 Å². The summed E-state index contributed by atoms with van der Waals surface area (Å²) < 4.78 is 28.4. The Labute approximate surface area is 256 Å². The van der Waals surface area contributed by atoms with E-state index in [4.69, 9.17) is 28.2 Å². The molecular formula is C31H27Cl2F2N5OS. The number of ketones is 1. The molecule has 5 aromatic rings. The Morgan fingerprint density at radius 3 is 2.10 bits per heavy atom. The van der Waals surface area contributed by atoms with E-state index < -0.39 is 5.82 Å². The van der Waals surface area contributed by atoms with Crippen LogP contribution in [0.4, 0.5) is 8.78 Å². The lowest BCUT2D eigenvalue weighted by Gasteiger charge is -2.13. The predicted molar refractivity (Wildman–Crippen MR) is 163 cm³/mol. The highest BCUT2D eigenvalue weighted by atomic mass is 35.5. The fraction of sp³-hybridized carbons (Fsp3) is 0.226. The van der Waals surface area contributed by atoms with E-state index >= 15 is 0 Å². The SMILES string of the molecule is Cc1cccc(-c2nc(C(C)(C)C)sc2-c2ccnc(Cl)n2)c1F.Cc1cccc(C(=O)Cc2ccnc(Cl)n2)c1F. The molecule has 0 aliphatic carbocycles. The van der Waals surface area contributed by atoms with Gasteiger partial charge in [0.1, 0.15) is 11.6 Å². The number of aryl methyl sites for hydroxylation is 2. The van der Waals surface area contributed by atoms with Crippen molar-refractivity contribution in [3.63, 3.8) is 0 Å². The van der Waals surface area contributed by atoms with E-state index in [-0.39, 0.29) is 39.6 Å². The number of thiazole rings is 1. The van der Waals surface area contributed by atoms with Gasteiger partial charge in [-0.05, 0) is 72.4 Å². The van der Waals surface area contributed by atoms with Crippen LogP contribution in [0, 0.1) is 25.5 Å². The van der Waals surface area contributed by atoms with E-state index in [0.29, 0.717) is 33.8 Å². The highest BCUT2D eigenvalue weighted by molar-refractivity contribution is 7.15. The molecule has 3 heterocycles. The zero-order chi connectivity index (χ0) is 30.6. The van der Waals surface area contributed by atoms with Crippen molar-refractivity contribution in [3.8, 4) is 21.8 Å². The summed E-state index contributed by atoms with van der Waals surface area (Å²) in [5, 5.41) is 1.15. The van der Waals surface area contributed by atoms with Crippen LogP contribution < -0.4 is 0 Å². The van der Waals surface area contributed by atoms with Crippen molar-refractivity contribution in [2.45, 2.75) is 46.5 Å². The number of hydrogen-bond donors (Lipinski definition) is 0. The van der Waals surface area contributed by atoms with Crippen molar-refractivity contribution in [3.05, 3.63) is 111 Å². The molecule has 0 saturated carbocycles. The van der Waals surface area contributed by atoms with Gasteiger partial charge in [-0.1, -0.05) is 45.0 Å². The number of carbonyl (C=O) groups excluding carboxylic acids is 1. The van der Waals surface area contributed by atoms with Crippen LogP contribution in [0.15, 0.2) is 60.9 Å². The van der Waals surface area contributed by atoms with Gasteiger partial charge in [0.2, 0.25) is 10.6 Å². The molecule has 6 nitrogen and oxygen atoms in total. The lowest BCUT2D eigenvalue weighted by atomic mass is 9.98. The topological polar surface area (TPSA) is 81.5 Å². The van der Waals surface area contributed by atoms with E-state index in [2.05, 4.69) is 40.7 Å². The first-order valence-electron chi connectivity index (χ1n) is 12.9. The maximum atomic E-state index is 14.7. The molecule has 0 fully saturated rings. The molecule has 0 bridgehead atoms. The smallest absolute Gasteiger partial charge is 0.222 e. The average molecular weight is 627 g/mol. The summed E-state index contributed by atoms with van der Waals surface area (Å²) >= 11 is 13.1. The molecule has 0 unspecified atom stereocenters. The van der Waals surface area contributed by atoms with Gasteiger partial charge in [0.05, 0.1) is 39.0 Å². The monoisotopic (exact) mass is 625 g/mol. The summed E-state index contributed by atoms with van der Waals surface area (Å²) in [6.45, 7) is 9.61. The van der Waals surface area contributed by atoms with E-state index in [1.165, 1.54) is 23.6 Å². The van der Waals surface area contributed by atoms with Gasteiger partial charge in [-0.15, -0.1) is 11.3 Å². The van der Waals surface area contributed by atoms with Crippen molar-refractivity contribution in [1.82, 2.24) is 24.9 Å². The molecule has 0 spiro atoms. The second-order valence-electron chi connectivity index (χ2n) is 10.4. The number of rotatable bonds is 5. The van der Waals surface area contributed by atoms with E-state index in [1.807, 2.05) is 6.07 Å². The van der Waals surface area contributed by atoms with Crippen LogP contribution in [0.5, 0.6) is 0 Å². The summed E-state index contributed by atoms with van der Waals surface area (Å²) in [7, 11) is 0. The Bertz CT molecular complexity index is 1750. The summed E-state index contributed by atoms with van der Waals surface area (Å²) in [5.41, 5.74) is 3.16. The lowest BCUT2D eigenvalue weighted by Crippen LogP contribution is -2.10. The Morgan fingerprint density at radius 2 is 1.45 bits per heavy atom. The number of nitrogens with zero attached hydrogens (tertiary/aromatic N) is 5. The largest absolute Gasteiger partial charge is 0.294 e. The molecule has 0 aliphatic rings. The van der Waals surface area contributed by atoms with Crippen molar-refractivity contribution < 1.29 is 13.6 Å². The molecule has 0 atom stereocenters. The third-order valence-electron chi connectivity index (χ3n) is 6.09. The molecule has 0 aliphatic heterocycles. The minimum absolute atomic E-state index is 0.00259. The van der Waals surface area contributed by atoms with Crippen molar-refractivity contribution in [2.24, 2.45) is 0 Å². The Hall–Kier alpha value is -3.66. The second-order valence-corrected chi connectivity index (χ2v) is 12.1. The third kappa shape index (κ3) is 7.40. The second kappa shape index (κ2) is 13.1. The van der Waals surface area contributed by atoms with Gasteiger partial charge in [0, 0.05) is 23.4 Å². The number of halogens is 4. The quantitative estimate of drug-likeness (QED) is 0.143. The molecule has 42 heavy (non-hydrogen) atoms. The number of hydrogen-bond acceptors (Lipinski definition) is 7. The highest BCUT2D eigenvalue weighted by Gasteiger charge is 2.25. The van der Waals surface area contributed by atoms with Gasteiger partial charge in [-0.3, -0.25) is 4.79 Å². The summed E-state index contributed by atoms with van der Waals surface area (Å²) in [6, 6.07) is 13.4. The first-order chi connectivity index (χ1) is 19.8. The first-order valence-corrected chi connectivity index (χ1v) is 14.4. The maximum absolute atomic E-state index is 14.7. The Kier molecular flexibility index (Phi) is 9.76. The van der Waals surface area contributed by atoms with Crippen LogP contribution in [0.25, 0.3) is 21.8 Å². The van der Waals surface area contributed by atoms with Crippen molar-refractivity contribution in [2.75, 3.05) is 0 Å². The standard InChI is InChI=1S/C18H17ClFN3S.C13H10ClFN2O/c1-10-6-5-7-11(13(10)20)14-15(12-8-9-21-17(19)22-12)24-16(23-14)18(2,3)4;1-8-3-2-4-10(12(8)15)11(18)7-9-5-6-16-13(14)17-9/h5-9H,1-4H3;2-6H,7H2,1H3. The van der Waals surface area contributed by atoms with Gasteiger partial charge in [-0.2, -0.15) is 0 Å². The molecule has 0 radical (unpaired) electrons. The fourth-order valence-electron chi connectivity index (χ4n) is 3.88. The van der Waals surface area contributed by atoms with Crippen LogP contribution >= 0.6 is 34.5 Å². The van der Waals surface area contributed by atoms with Crippen molar-refractivity contribution >= 4 is 40.3 Å². The maximum Gasteiger partial charge on any atom is 0.222 e. The third-order valence-corrected chi connectivity index (χ3v) is 7.96. The van der Waals surface area contributed by atoms with Crippen LogP contribution in [0.1, 0.15) is 53.0 Å². The summed E-state index contributed by atoms with van der Waals surface area (Å²) in [5.74, 6) is -1.07. The van der Waals surface area contributed by atoms with Gasteiger partial charge in [0.25, 0.3) is 0 Å². The highest BCUT2D eigenvalue weighted by Crippen LogP contribution is 2.41. The molecule has 0 amide bonds. The predicted octanol–water partition coefficient (Wildman–Crippen LogP) is 8.67. The normalized spacial score (nSPS) is 11.2. The molecule has 3 aromatic heterocycles. The molecule has 2 aromatic carbocycles. The van der Waals surface area contributed by atoms with Crippen LogP contribution in [0.2, 0.25) is 10.6 Å². The molecule has 11 heteroatoms. The fourth-order valence-corrected chi connectivity index (χ4v) is 5.30. The van der Waals surface area contributed by atoms with E-state index in [1.54, 1.807) is 56.4 Å². The number of benzene rings is 2.